The van der Waals surface area contributed by atoms with E-state index >= 15 is 0 Å². The summed E-state index contributed by atoms with van der Waals surface area (Å²) in [7, 11) is 0. The van der Waals surface area contributed by atoms with E-state index in [-0.39, 0.29) is 0 Å². The van der Waals surface area contributed by atoms with Gasteiger partial charge in [0.1, 0.15) is 0 Å². The Kier molecular flexibility index (Phi) is 3.22. The van der Waals surface area contributed by atoms with Crippen LogP contribution in [-0.4, -0.2) is 9.55 Å². The van der Waals surface area contributed by atoms with Crippen molar-refractivity contribution in [3.63, 3.8) is 0 Å². The highest BCUT2D eigenvalue weighted by molar-refractivity contribution is 7.12. The Morgan fingerprint density at radius 1 is 0.900 bits per heavy atom. The van der Waals surface area contributed by atoms with Gasteiger partial charge in [-0.15, -0.1) is 11.3 Å². The predicted molar refractivity (Wildman–Crippen MR) is 85.8 cm³/mol. The van der Waals surface area contributed by atoms with Crippen LogP contribution in [0.4, 0.5) is 0 Å². The van der Waals surface area contributed by atoms with Gasteiger partial charge in [0.05, 0.1) is 5.69 Å². The standard InChI is InChI=1S/C17H18N2S/c1-11-5-8-15(9-12(11)2)16-10-20-17(18-16)19-13(3)6-7-14(19)4/h5-10H,1-4H3. The molecule has 0 bridgehead atoms. The van der Waals surface area contributed by atoms with Gasteiger partial charge in [-0.25, -0.2) is 4.98 Å². The van der Waals surface area contributed by atoms with Gasteiger partial charge >= 0.3 is 0 Å². The van der Waals surface area contributed by atoms with Crippen LogP contribution in [0.1, 0.15) is 22.5 Å². The van der Waals surface area contributed by atoms with Gasteiger partial charge in [-0.3, -0.25) is 4.57 Å². The Morgan fingerprint density at radius 3 is 2.25 bits per heavy atom. The van der Waals surface area contributed by atoms with Crippen LogP contribution in [0, 0.1) is 27.7 Å². The topological polar surface area (TPSA) is 17.8 Å². The smallest absolute Gasteiger partial charge is 0.194 e. The Balaban J connectivity index is 2.04. The van der Waals surface area contributed by atoms with Crippen LogP contribution in [0.2, 0.25) is 0 Å². The highest BCUT2D eigenvalue weighted by Gasteiger charge is 2.10. The number of nitrogens with zero attached hydrogens (tertiary/aromatic N) is 2. The van der Waals surface area contributed by atoms with Gasteiger partial charge in [-0.05, 0) is 57.0 Å². The summed E-state index contributed by atoms with van der Waals surface area (Å²) >= 11 is 1.69. The highest BCUT2D eigenvalue weighted by Crippen LogP contribution is 2.27. The molecule has 1 aromatic carbocycles. The molecule has 0 radical (unpaired) electrons. The molecule has 0 aliphatic heterocycles. The first-order chi connectivity index (χ1) is 9.56. The first-order valence-electron chi connectivity index (χ1n) is 6.75. The maximum Gasteiger partial charge on any atom is 0.194 e. The molecule has 0 saturated carbocycles. The quantitative estimate of drug-likeness (QED) is 0.658. The molecular weight excluding hydrogens is 264 g/mol. The first kappa shape index (κ1) is 13.1. The van der Waals surface area contributed by atoms with Crippen molar-refractivity contribution < 1.29 is 0 Å². The SMILES string of the molecule is Cc1ccc(-c2csc(-n3c(C)ccc3C)n2)cc1C. The molecule has 3 rings (SSSR count). The Hall–Kier alpha value is -1.87. The zero-order valence-electron chi connectivity index (χ0n) is 12.3. The summed E-state index contributed by atoms with van der Waals surface area (Å²) in [6.45, 7) is 8.51. The number of hydrogen-bond acceptors (Lipinski definition) is 2. The van der Waals surface area contributed by atoms with Gasteiger partial charge in [-0.1, -0.05) is 12.1 Å². The maximum absolute atomic E-state index is 4.80. The van der Waals surface area contributed by atoms with E-state index in [1.807, 2.05) is 0 Å². The second-order valence-electron chi connectivity index (χ2n) is 5.27. The molecule has 2 nitrogen and oxygen atoms in total. The predicted octanol–water partition coefficient (Wildman–Crippen LogP) is 4.83. The molecule has 0 unspecified atom stereocenters. The fourth-order valence-electron chi connectivity index (χ4n) is 2.37. The molecule has 0 saturated heterocycles. The Morgan fingerprint density at radius 2 is 1.60 bits per heavy atom. The zero-order chi connectivity index (χ0) is 14.3. The van der Waals surface area contributed by atoms with Crippen LogP contribution in [0.15, 0.2) is 35.7 Å². The first-order valence-corrected chi connectivity index (χ1v) is 7.62. The van der Waals surface area contributed by atoms with Gasteiger partial charge in [0.25, 0.3) is 0 Å². The molecule has 0 fully saturated rings. The second kappa shape index (κ2) is 4.91. The normalized spacial score (nSPS) is 11.0. The third-order valence-electron chi connectivity index (χ3n) is 3.76. The van der Waals surface area contributed by atoms with E-state index < -0.39 is 0 Å². The molecule has 0 N–H and O–H groups in total. The Labute approximate surface area is 123 Å². The van der Waals surface area contributed by atoms with Crippen molar-refractivity contribution in [2.75, 3.05) is 0 Å². The van der Waals surface area contributed by atoms with Crippen molar-refractivity contribution in [2.45, 2.75) is 27.7 Å². The van der Waals surface area contributed by atoms with Gasteiger partial charge in [0.2, 0.25) is 0 Å². The fourth-order valence-corrected chi connectivity index (χ4v) is 3.32. The maximum atomic E-state index is 4.80. The molecule has 2 aromatic heterocycles. The van der Waals surface area contributed by atoms with Crippen molar-refractivity contribution >= 4 is 11.3 Å². The molecule has 3 heteroatoms. The summed E-state index contributed by atoms with van der Waals surface area (Å²) < 4.78 is 2.20. The molecule has 3 aromatic rings. The lowest BCUT2D eigenvalue weighted by atomic mass is 10.1. The number of aromatic nitrogens is 2. The van der Waals surface area contributed by atoms with Gasteiger partial charge in [0.15, 0.2) is 5.13 Å². The fraction of sp³-hybridized carbons (Fsp3) is 0.235. The van der Waals surface area contributed by atoms with Crippen LogP contribution in [0.3, 0.4) is 0 Å². The van der Waals surface area contributed by atoms with E-state index in [0.29, 0.717) is 0 Å². The minimum absolute atomic E-state index is 1.04. The lowest BCUT2D eigenvalue weighted by Gasteiger charge is -2.05. The van der Waals surface area contributed by atoms with E-state index in [0.717, 1.165) is 10.8 Å². The van der Waals surface area contributed by atoms with E-state index in [2.05, 4.69) is 68.0 Å². The van der Waals surface area contributed by atoms with Crippen LogP contribution in [0.25, 0.3) is 16.4 Å². The summed E-state index contributed by atoms with van der Waals surface area (Å²) in [6, 6.07) is 10.8. The molecule has 0 aliphatic rings. The number of hydrogen-bond donors (Lipinski definition) is 0. The monoisotopic (exact) mass is 282 g/mol. The van der Waals surface area contributed by atoms with Crippen molar-refractivity contribution in [1.29, 1.82) is 0 Å². The van der Waals surface area contributed by atoms with Crippen molar-refractivity contribution in [1.82, 2.24) is 9.55 Å². The summed E-state index contributed by atoms with van der Waals surface area (Å²) in [5, 5.41) is 3.18. The van der Waals surface area contributed by atoms with Crippen LogP contribution in [0.5, 0.6) is 0 Å². The zero-order valence-corrected chi connectivity index (χ0v) is 13.1. The third-order valence-corrected chi connectivity index (χ3v) is 4.58. The second-order valence-corrected chi connectivity index (χ2v) is 6.10. The van der Waals surface area contributed by atoms with Gasteiger partial charge in [-0.2, -0.15) is 0 Å². The number of rotatable bonds is 2. The molecule has 20 heavy (non-hydrogen) atoms. The molecule has 0 amide bonds. The summed E-state index contributed by atoms with van der Waals surface area (Å²) in [6.07, 6.45) is 0. The minimum atomic E-state index is 1.04. The molecule has 0 spiro atoms. The summed E-state index contributed by atoms with van der Waals surface area (Å²) in [4.78, 5) is 4.80. The van der Waals surface area contributed by atoms with E-state index in [1.165, 1.54) is 28.1 Å². The molecular formula is C17H18N2S. The molecule has 2 heterocycles. The number of benzene rings is 1. The third kappa shape index (κ3) is 2.18. The van der Waals surface area contributed by atoms with Crippen LogP contribution >= 0.6 is 11.3 Å². The van der Waals surface area contributed by atoms with Crippen molar-refractivity contribution in [3.8, 4) is 16.4 Å². The lowest BCUT2D eigenvalue weighted by Crippen LogP contribution is -1.97. The number of thiazole rings is 1. The largest absolute Gasteiger partial charge is 0.295 e. The van der Waals surface area contributed by atoms with Crippen LogP contribution < -0.4 is 0 Å². The summed E-state index contributed by atoms with van der Waals surface area (Å²) in [5.74, 6) is 0. The lowest BCUT2D eigenvalue weighted by molar-refractivity contribution is 0.951. The van der Waals surface area contributed by atoms with Gasteiger partial charge in [0, 0.05) is 22.3 Å². The molecule has 0 aliphatic carbocycles. The summed E-state index contributed by atoms with van der Waals surface area (Å²) in [5.41, 5.74) is 7.33. The van der Waals surface area contributed by atoms with E-state index in [1.54, 1.807) is 11.3 Å². The van der Waals surface area contributed by atoms with Gasteiger partial charge < -0.3 is 0 Å². The van der Waals surface area contributed by atoms with E-state index in [4.69, 9.17) is 4.98 Å². The highest BCUT2D eigenvalue weighted by atomic mass is 32.1. The number of aryl methyl sites for hydroxylation is 4. The van der Waals surface area contributed by atoms with E-state index in [9.17, 15) is 0 Å². The van der Waals surface area contributed by atoms with Crippen molar-refractivity contribution in [3.05, 3.63) is 58.2 Å². The average Bonchev–Trinajstić information content (AvgIpc) is 3.00. The average molecular weight is 282 g/mol. The molecule has 102 valence electrons. The Bertz CT molecular complexity index is 746. The minimum Gasteiger partial charge on any atom is -0.295 e. The molecule has 0 atom stereocenters. The van der Waals surface area contributed by atoms with Crippen molar-refractivity contribution in [2.24, 2.45) is 0 Å². The van der Waals surface area contributed by atoms with Crippen LogP contribution in [-0.2, 0) is 0 Å².